The summed E-state index contributed by atoms with van der Waals surface area (Å²) >= 11 is 6.20. The van der Waals surface area contributed by atoms with Crippen molar-refractivity contribution in [2.45, 2.75) is 0 Å². The normalized spacial score (nSPS) is 14.3. The van der Waals surface area contributed by atoms with Crippen LogP contribution in [0.25, 0.3) is 0 Å². The van der Waals surface area contributed by atoms with Gasteiger partial charge in [-0.15, -0.1) is 0 Å². The van der Waals surface area contributed by atoms with Crippen LogP contribution in [0.5, 0.6) is 0 Å². The van der Waals surface area contributed by atoms with E-state index in [9.17, 15) is 4.39 Å². The first kappa shape index (κ1) is 17.5. The van der Waals surface area contributed by atoms with Gasteiger partial charge in [0.15, 0.2) is 0 Å². The number of piperazine rings is 1. The maximum absolute atomic E-state index is 13.1. The molecule has 3 aromatic rings. The number of nitrogens with zero attached hydrogens (tertiary/aromatic N) is 4. The van der Waals surface area contributed by atoms with E-state index in [1.807, 2.05) is 42.5 Å². The van der Waals surface area contributed by atoms with Crippen molar-refractivity contribution in [2.24, 2.45) is 0 Å². The Labute approximate surface area is 162 Å². The van der Waals surface area contributed by atoms with E-state index in [-0.39, 0.29) is 5.82 Å². The Morgan fingerprint density at radius 2 is 1.59 bits per heavy atom. The summed E-state index contributed by atoms with van der Waals surface area (Å²) in [6.07, 6.45) is 1.74. The fraction of sp³-hybridized carbons (Fsp3) is 0.200. The predicted molar refractivity (Wildman–Crippen MR) is 108 cm³/mol. The van der Waals surface area contributed by atoms with Gasteiger partial charge in [0.25, 0.3) is 0 Å². The number of halogens is 2. The van der Waals surface area contributed by atoms with Gasteiger partial charge in [-0.2, -0.15) is 4.98 Å². The topological polar surface area (TPSA) is 44.3 Å². The maximum Gasteiger partial charge on any atom is 0.227 e. The van der Waals surface area contributed by atoms with Crippen molar-refractivity contribution in [1.82, 2.24) is 9.97 Å². The standard InChI is InChI=1S/C20H19ClFN5/c21-17-3-1-2-4-18(17)24-19-9-10-23-20(25-19)27-13-11-26(12-14-27)16-7-5-15(22)6-8-16/h1-10H,11-14H2,(H,23,24,25). The van der Waals surface area contributed by atoms with Crippen LogP contribution in [0.4, 0.5) is 27.5 Å². The average Bonchev–Trinajstić information content (AvgIpc) is 2.71. The number of hydrogen-bond acceptors (Lipinski definition) is 5. The van der Waals surface area contributed by atoms with Gasteiger partial charge in [-0.1, -0.05) is 23.7 Å². The molecule has 1 aliphatic rings. The van der Waals surface area contributed by atoms with Crippen molar-refractivity contribution < 1.29 is 4.39 Å². The van der Waals surface area contributed by atoms with E-state index in [1.54, 1.807) is 6.20 Å². The zero-order valence-electron chi connectivity index (χ0n) is 14.6. The van der Waals surface area contributed by atoms with E-state index < -0.39 is 0 Å². The van der Waals surface area contributed by atoms with Crippen LogP contribution in [0.15, 0.2) is 60.8 Å². The fourth-order valence-electron chi connectivity index (χ4n) is 3.09. The van der Waals surface area contributed by atoms with Gasteiger partial charge in [-0.25, -0.2) is 9.37 Å². The molecule has 2 heterocycles. The Hall–Kier alpha value is -2.86. The molecule has 1 aliphatic heterocycles. The molecule has 0 bridgehead atoms. The molecule has 138 valence electrons. The Morgan fingerprint density at radius 3 is 2.33 bits per heavy atom. The smallest absolute Gasteiger partial charge is 0.227 e. The van der Waals surface area contributed by atoms with Crippen molar-refractivity contribution in [1.29, 1.82) is 0 Å². The van der Waals surface area contributed by atoms with E-state index in [4.69, 9.17) is 11.6 Å². The summed E-state index contributed by atoms with van der Waals surface area (Å²) in [7, 11) is 0. The number of hydrogen-bond donors (Lipinski definition) is 1. The maximum atomic E-state index is 13.1. The third kappa shape index (κ3) is 4.11. The molecule has 2 aromatic carbocycles. The van der Waals surface area contributed by atoms with Gasteiger partial charge in [0.1, 0.15) is 11.6 Å². The summed E-state index contributed by atoms with van der Waals surface area (Å²) in [5.74, 6) is 1.17. The number of aromatic nitrogens is 2. The van der Waals surface area contributed by atoms with Crippen LogP contribution >= 0.6 is 11.6 Å². The van der Waals surface area contributed by atoms with Gasteiger partial charge in [0, 0.05) is 38.1 Å². The largest absolute Gasteiger partial charge is 0.368 e. The lowest BCUT2D eigenvalue weighted by Gasteiger charge is -2.36. The highest BCUT2D eigenvalue weighted by Crippen LogP contribution is 2.25. The predicted octanol–water partition coefficient (Wildman–Crippen LogP) is 4.34. The molecule has 0 amide bonds. The van der Waals surface area contributed by atoms with Gasteiger partial charge in [-0.3, -0.25) is 0 Å². The summed E-state index contributed by atoms with van der Waals surface area (Å²) in [4.78, 5) is 13.4. The van der Waals surface area contributed by atoms with Crippen molar-refractivity contribution in [2.75, 3.05) is 41.3 Å². The minimum Gasteiger partial charge on any atom is -0.368 e. The van der Waals surface area contributed by atoms with Crippen LogP contribution < -0.4 is 15.1 Å². The molecule has 0 aliphatic carbocycles. The molecule has 1 aromatic heterocycles. The van der Waals surface area contributed by atoms with Crippen molar-refractivity contribution in [3.05, 3.63) is 71.6 Å². The van der Waals surface area contributed by atoms with Gasteiger partial charge in [0.05, 0.1) is 10.7 Å². The van der Waals surface area contributed by atoms with Crippen molar-refractivity contribution in [3.63, 3.8) is 0 Å². The second-order valence-electron chi connectivity index (χ2n) is 6.30. The molecular weight excluding hydrogens is 365 g/mol. The van der Waals surface area contributed by atoms with E-state index in [1.165, 1.54) is 12.1 Å². The minimum absolute atomic E-state index is 0.214. The van der Waals surface area contributed by atoms with E-state index in [0.29, 0.717) is 16.8 Å². The molecule has 0 radical (unpaired) electrons. The molecule has 1 fully saturated rings. The van der Waals surface area contributed by atoms with Crippen LogP contribution in [0.1, 0.15) is 0 Å². The highest BCUT2D eigenvalue weighted by Gasteiger charge is 2.19. The molecule has 7 heteroatoms. The van der Waals surface area contributed by atoms with Crippen molar-refractivity contribution in [3.8, 4) is 0 Å². The number of para-hydroxylation sites is 1. The van der Waals surface area contributed by atoms with Crippen LogP contribution in [-0.4, -0.2) is 36.1 Å². The van der Waals surface area contributed by atoms with Crippen LogP contribution in [0.2, 0.25) is 5.02 Å². The number of anilines is 4. The van der Waals surface area contributed by atoms with Gasteiger partial charge < -0.3 is 15.1 Å². The molecule has 0 spiro atoms. The third-order valence-corrected chi connectivity index (χ3v) is 4.86. The second-order valence-corrected chi connectivity index (χ2v) is 6.70. The van der Waals surface area contributed by atoms with E-state index in [0.717, 1.165) is 37.6 Å². The lowest BCUT2D eigenvalue weighted by Crippen LogP contribution is -2.47. The fourth-order valence-corrected chi connectivity index (χ4v) is 3.27. The Morgan fingerprint density at radius 1 is 0.889 bits per heavy atom. The number of benzene rings is 2. The van der Waals surface area contributed by atoms with E-state index in [2.05, 4.69) is 25.1 Å². The summed E-state index contributed by atoms with van der Waals surface area (Å²) in [5, 5.41) is 3.88. The Bertz CT molecular complexity index is 910. The van der Waals surface area contributed by atoms with E-state index >= 15 is 0 Å². The Balaban J connectivity index is 1.43. The Kier molecular flexibility index (Phi) is 5.07. The quantitative estimate of drug-likeness (QED) is 0.726. The molecule has 0 unspecified atom stereocenters. The number of rotatable bonds is 4. The molecule has 0 saturated carbocycles. The summed E-state index contributed by atoms with van der Waals surface area (Å²) in [6.45, 7) is 3.26. The molecule has 5 nitrogen and oxygen atoms in total. The van der Waals surface area contributed by atoms with Crippen molar-refractivity contribution >= 4 is 34.7 Å². The lowest BCUT2D eigenvalue weighted by atomic mass is 10.2. The molecular formula is C20H19ClFN5. The zero-order chi connectivity index (χ0) is 18.6. The first-order valence-electron chi connectivity index (χ1n) is 8.79. The highest BCUT2D eigenvalue weighted by atomic mass is 35.5. The molecule has 27 heavy (non-hydrogen) atoms. The zero-order valence-corrected chi connectivity index (χ0v) is 15.4. The van der Waals surface area contributed by atoms with Gasteiger partial charge in [-0.05, 0) is 42.5 Å². The molecule has 1 N–H and O–H groups in total. The summed E-state index contributed by atoms with van der Waals surface area (Å²) in [5.41, 5.74) is 1.84. The summed E-state index contributed by atoms with van der Waals surface area (Å²) < 4.78 is 13.1. The van der Waals surface area contributed by atoms with Crippen LogP contribution in [0, 0.1) is 5.82 Å². The minimum atomic E-state index is -0.214. The lowest BCUT2D eigenvalue weighted by molar-refractivity contribution is 0.623. The second kappa shape index (κ2) is 7.80. The molecule has 4 rings (SSSR count). The monoisotopic (exact) mass is 383 g/mol. The highest BCUT2D eigenvalue weighted by molar-refractivity contribution is 6.33. The van der Waals surface area contributed by atoms with Crippen LogP contribution in [0.3, 0.4) is 0 Å². The first-order valence-corrected chi connectivity index (χ1v) is 9.17. The first-order chi connectivity index (χ1) is 13.2. The molecule has 1 saturated heterocycles. The van der Waals surface area contributed by atoms with Crippen LogP contribution in [-0.2, 0) is 0 Å². The SMILES string of the molecule is Fc1ccc(N2CCN(c3nccc(Nc4ccccc4Cl)n3)CC2)cc1. The summed E-state index contributed by atoms with van der Waals surface area (Å²) in [6, 6.07) is 16.0. The molecule has 0 atom stereocenters. The average molecular weight is 384 g/mol. The van der Waals surface area contributed by atoms with Gasteiger partial charge >= 0.3 is 0 Å². The third-order valence-electron chi connectivity index (χ3n) is 4.53. The van der Waals surface area contributed by atoms with Gasteiger partial charge in [0.2, 0.25) is 5.95 Å². The number of nitrogens with one attached hydrogen (secondary N) is 1.